The molecule has 9 heteroatoms. The molecule has 2 heterocycles. The molecule has 1 aromatic rings. The number of aromatic carboxylic acids is 1. The van der Waals surface area contributed by atoms with Gasteiger partial charge in [0.15, 0.2) is 5.69 Å². The summed E-state index contributed by atoms with van der Waals surface area (Å²) in [5, 5.41) is 16.2. The van der Waals surface area contributed by atoms with E-state index >= 15 is 0 Å². The first-order valence-corrected chi connectivity index (χ1v) is 8.48. The number of thiazole rings is 1. The molecule has 0 bridgehead atoms. The van der Waals surface area contributed by atoms with Crippen LogP contribution in [0.25, 0.3) is 0 Å². The molecule has 1 aliphatic heterocycles. The van der Waals surface area contributed by atoms with E-state index in [0.717, 1.165) is 12.8 Å². The van der Waals surface area contributed by atoms with Gasteiger partial charge in [-0.2, -0.15) is 0 Å². The zero-order valence-corrected chi connectivity index (χ0v) is 12.3. The fourth-order valence-electron chi connectivity index (χ4n) is 1.82. The van der Waals surface area contributed by atoms with Crippen LogP contribution in [0.3, 0.4) is 0 Å². The molecule has 0 unspecified atom stereocenters. The lowest BCUT2D eigenvalue weighted by molar-refractivity contribution is 0.0691. The van der Waals surface area contributed by atoms with Gasteiger partial charge in [0.05, 0.1) is 6.54 Å². The van der Waals surface area contributed by atoms with Crippen molar-refractivity contribution in [1.29, 1.82) is 0 Å². The highest BCUT2D eigenvalue weighted by Crippen LogP contribution is 2.10. The number of nitrogens with zero attached hydrogens (tertiary/aromatic N) is 1. The van der Waals surface area contributed by atoms with Crippen LogP contribution in [-0.4, -0.2) is 43.8 Å². The van der Waals surface area contributed by atoms with Crippen LogP contribution in [0.4, 0.5) is 4.79 Å². The van der Waals surface area contributed by atoms with Crippen LogP contribution in [0.2, 0.25) is 0 Å². The number of nitrogens with one attached hydrogen (secondary N) is 2. The molecule has 1 aromatic heterocycles. The van der Waals surface area contributed by atoms with Crippen molar-refractivity contribution in [1.82, 2.24) is 15.6 Å². The third-order valence-corrected chi connectivity index (χ3v) is 5.13. The zero-order chi connectivity index (χ0) is 14.5. The lowest BCUT2D eigenvalue weighted by Crippen LogP contribution is -2.44. The number of carbonyl (C=O) groups excluding carboxylic acids is 1. The number of rotatable bonds is 4. The first kappa shape index (κ1) is 14.9. The highest BCUT2D eigenvalue weighted by atomic mass is 32.2. The lowest BCUT2D eigenvalue weighted by atomic mass is 10.2. The van der Waals surface area contributed by atoms with E-state index in [2.05, 4.69) is 15.6 Å². The molecule has 2 rings (SSSR count). The van der Waals surface area contributed by atoms with E-state index in [-0.39, 0.29) is 24.3 Å². The van der Waals surface area contributed by atoms with Gasteiger partial charge in [0, 0.05) is 33.7 Å². The molecule has 0 spiro atoms. The predicted molar refractivity (Wildman–Crippen MR) is 75.3 cm³/mol. The summed E-state index contributed by atoms with van der Waals surface area (Å²) in [6, 6.07) is -0.256. The molecule has 0 aliphatic carbocycles. The zero-order valence-electron chi connectivity index (χ0n) is 10.6. The number of amides is 2. The number of aromatic nitrogens is 1. The molecule has 7 nitrogen and oxygen atoms in total. The molecule has 0 atom stereocenters. The van der Waals surface area contributed by atoms with Gasteiger partial charge < -0.3 is 15.7 Å². The Kier molecular flexibility index (Phi) is 5.07. The number of urea groups is 1. The number of carboxylic acids is 1. The molecule has 20 heavy (non-hydrogen) atoms. The minimum atomic E-state index is -1.08. The summed E-state index contributed by atoms with van der Waals surface area (Å²) < 4.78 is 11.2. The normalized spacial score (nSPS) is 22.2. The fourth-order valence-corrected chi connectivity index (χ4v) is 3.83. The molecule has 2 amide bonds. The Morgan fingerprint density at radius 3 is 2.75 bits per heavy atom. The topological polar surface area (TPSA) is 108 Å². The second kappa shape index (κ2) is 6.80. The number of carbonyl (C=O) groups is 2. The Balaban J connectivity index is 1.74. The molecule has 110 valence electrons. The second-order valence-corrected chi connectivity index (χ2v) is 7.02. The molecule has 1 aliphatic rings. The van der Waals surface area contributed by atoms with E-state index in [4.69, 9.17) is 5.11 Å². The minimum absolute atomic E-state index is 0.0121. The van der Waals surface area contributed by atoms with Crippen LogP contribution in [0.1, 0.15) is 28.3 Å². The monoisotopic (exact) mass is 317 g/mol. The van der Waals surface area contributed by atoms with Crippen molar-refractivity contribution in [3.05, 3.63) is 16.1 Å². The van der Waals surface area contributed by atoms with E-state index in [1.54, 1.807) is 0 Å². The first-order chi connectivity index (χ1) is 9.54. The molecule has 1 fully saturated rings. The highest BCUT2D eigenvalue weighted by Gasteiger charge is 2.19. The number of carboxylic acid groups (broad SMARTS) is 1. The molecular formula is C11H15N3O4S2. The van der Waals surface area contributed by atoms with Crippen molar-refractivity contribution < 1.29 is 18.9 Å². The Labute approximate surface area is 122 Å². The van der Waals surface area contributed by atoms with Crippen LogP contribution >= 0.6 is 11.3 Å². The Morgan fingerprint density at radius 1 is 1.45 bits per heavy atom. The van der Waals surface area contributed by atoms with Gasteiger partial charge >= 0.3 is 12.0 Å². The molecule has 0 aromatic carbocycles. The van der Waals surface area contributed by atoms with E-state index in [1.807, 2.05) is 0 Å². The molecule has 0 saturated carbocycles. The Morgan fingerprint density at radius 2 is 2.15 bits per heavy atom. The maximum Gasteiger partial charge on any atom is 0.355 e. The smallest absolute Gasteiger partial charge is 0.355 e. The van der Waals surface area contributed by atoms with Crippen molar-refractivity contribution >= 4 is 34.1 Å². The van der Waals surface area contributed by atoms with Crippen molar-refractivity contribution in [2.24, 2.45) is 0 Å². The molecule has 3 N–H and O–H groups in total. The summed E-state index contributed by atoms with van der Waals surface area (Å²) in [5.41, 5.74) is -0.0121. The van der Waals surface area contributed by atoms with Gasteiger partial charge in [0.2, 0.25) is 0 Å². The third-order valence-electron chi connectivity index (χ3n) is 2.89. The summed E-state index contributed by atoms with van der Waals surface area (Å²) in [5.74, 6) is 0.172. The number of hydrogen-bond acceptors (Lipinski definition) is 5. The Hall–Kier alpha value is -1.48. The molecule has 1 saturated heterocycles. The van der Waals surface area contributed by atoms with E-state index < -0.39 is 16.8 Å². The van der Waals surface area contributed by atoms with Gasteiger partial charge in [-0.25, -0.2) is 14.6 Å². The van der Waals surface area contributed by atoms with Gasteiger partial charge in [0.25, 0.3) is 0 Å². The van der Waals surface area contributed by atoms with Gasteiger partial charge in [-0.05, 0) is 12.8 Å². The number of hydrogen-bond donors (Lipinski definition) is 3. The molecule has 0 radical (unpaired) electrons. The third kappa shape index (κ3) is 4.27. The summed E-state index contributed by atoms with van der Waals surface area (Å²) in [4.78, 5) is 26.2. The maximum atomic E-state index is 11.7. The van der Waals surface area contributed by atoms with E-state index in [9.17, 15) is 13.8 Å². The average Bonchev–Trinajstić information content (AvgIpc) is 2.88. The first-order valence-electron chi connectivity index (χ1n) is 6.11. The summed E-state index contributed by atoms with van der Waals surface area (Å²) in [7, 11) is -0.747. The maximum absolute atomic E-state index is 11.7. The summed E-state index contributed by atoms with van der Waals surface area (Å²) in [6.07, 6.45) is 1.45. The fraction of sp³-hybridized carbons (Fsp3) is 0.545. The van der Waals surface area contributed by atoms with Crippen molar-refractivity contribution in [3.63, 3.8) is 0 Å². The van der Waals surface area contributed by atoms with E-state index in [0.29, 0.717) is 16.5 Å². The average molecular weight is 317 g/mol. The van der Waals surface area contributed by atoms with Crippen LogP contribution in [0.5, 0.6) is 0 Å². The van der Waals surface area contributed by atoms with Crippen LogP contribution in [-0.2, 0) is 17.3 Å². The van der Waals surface area contributed by atoms with Crippen molar-refractivity contribution in [2.45, 2.75) is 25.4 Å². The minimum Gasteiger partial charge on any atom is -0.476 e. The lowest BCUT2D eigenvalue weighted by Gasteiger charge is -2.22. The summed E-state index contributed by atoms with van der Waals surface area (Å²) in [6.45, 7) is 0.197. The van der Waals surface area contributed by atoms with E-state index in [1.165, 1.54) is 16.7 Å². The van der Waals surface area contributed by atoms with Crippen molar-refractivity contribution in [2.75, 3.05) is 11.5 Å². The van der Waals surface area contributed by atoms with Gasteiger partial charge in [0.1, 0.15) is 5.01 Å². The van der Waals surface area contributed by atoms with Gasteiger partial charge in [-0.1, -0.05) is 0 Å². The largest absolute Gasteiger partial charge is 0.476 e. The van der Waals surface area contributed by atoms with Crippen LogP contribution in [0, 0.1) is 0 Å². The SMILES string of the molecule is O=C(NCc1nc(C(=O)O)cs1)NC1CCS(=O)CC1. The molecular weight excluding hydrogens is 302 g/mol. The second-order valence-electron chi connectivity index (χ2n) is 4.38. The summed E-state index contributed by atoms with van der Waals surface area (Å²) >= 11 is 1.19. The standard InChI is InChI=1S/C11H15N3O4S2/c15-10(16)8-6-19-9(14-8)5-12-11(17)13-7-1-3-20(18)4-2-7/h6-7H,1-5H2,(H,15,16)(H2,12,13,17). The van der Waals surface area contributed by atoms with Crippen molar-refractivity contribution in [3.8, 4) is 0 Å². The Bertz CT molecular complexity index is 521. The van der Waals surface area contributed by atoms with Crippen LogP contribution in [0.15, 0.2) is 5.38 Å². The quantitative estimate of drug-likeness (QED) is 0.751. The van der Waals surface area contributed by atoms with Gasteiger partial charge in [-0.15, -0.1) is 11.3 Å². The predicted octanol–water partition coefficient (Wildman–Crippen LogP) is 0.552. The van der Waals surface area contributed by atoms with Crippen LogP contribution < -0.4 is 10.6 Å². The van der Waals surface area contributed by atoms with Gasteiger partial charge in [-0.3, -0.25) is 4.21 Å². The highest BCUT2D eigenvalue weighted by molar-refractivity contribution is 7.85.